The van der Waals surface area contributed by atoms with Crippen LogP contribution >= 0.6 is 34.8 Å². The number of fused-ring (bicyclic) bond motifs is 1. The van der Waals surface area contributed by atoms with Crippen LogP contribution in [-0.4, -0.2) is 30.1 Å². The molecule has 1 atom stereocenters. The van der Waals surface area contributed by atoms with Gasteiger partial charge in [0.05, 0.1) is 12.6 Å². The number of halogens is 3. The summed E-state index contributed by atoms with van der Waals surface area (Å²) < 4.78 is 1.58. The molecule has 22 heavy (non-hydrogen) atoms. The first-order chi connectivity index (χ1) is 10.5. The number of aliphatic hydroxyl groups is 1. The van der Waals surface area contributed by atoms with Crippen molar-refractivity contribution in [2.75, 3.05) is 0 Å². The third-order valence-corrected chi connectivity index (χ3v) is 4.03. The number of hydrogen-bond acceptors (Lipinski definition) is 5. The van der Waals surface area contributed by atoms with Gasteiger partial charge in [0.2, 0.25) is 5.28 Å². The van der Waals surface area contributed by atoms with Gasteiger partial charge in [-0.25, -0.2) is 9.67 Å². The van der Waals surface area contributed by atoms with Crippen LogP contribution in [0.1, 0.15) is 24.2 Å². The van der Waals surface area contributed by atoms with Gasteiger partial charge in [0.15, 0.2) is 11.2 Å². The fraction of sp³-hybridized carbons (Fsp3) is 0.231. The van der Waals surface area contributed by atoms with Gasteiger partial charge >= 0.3 is 0 Å². The molecule has 1 N–H and O–H groups in total. The smallest absolute Gasteiger partial charge is 0.224 e. The lowest BCUT2D eigenvalue weighted by molar-refractivity contribution is 0.278. The van der Waals surface area contributed by atoms with Crippen molar-refractivity contribution in [1.29, 1.82) is 0 Å². The van der Waals surface area contributed by atoms with Crippen LogP contribution in [0.15, 0.2) is 18.2 Å². The Balaban J connectivity index is 2.15. The maximum atomic E-state index is 9.34. The SMILES string of the molecule is C[C@H](c1ccc(Cl)cc1Cl)n1nnc2c(CO)nc(Cl)nc21. The summed E-state index contributed by atoms with van der Waals surface area (Å²) in [5, 5.41) is 18.5. The topological polar surface area (TPSA) is 76.7 Å². The molecule has 0 spiro atoms. The van der Waals surface area contributed by atoms with Gasteiger partial charge in [0.25, 0.3) is 0 Å². The molecule has 3 aromatic rings. The zero-order valence-electron chi connectivity index (χ0n) is 11.3. The molecule has 0 aliphatic heterocycles. The van der Waals surface area contributed by atoms with E-state index in [0.717, 1.165) is 5.56 Å². The van der Waals surface area contributed by atoms with Gasteiger partial charge in [-0.05, 0) is 36.2 Å². The van der Waals surface area contributed by atoms with Gasteiger partial charge in [-0.3, -0.25) is 0 Å². The fourth-order valence-corrected chi connectivity index (χ4v) is 2.95. The molecule has 0 saturated carbocycles. The van der Waals surface area contributed by atoms with Crippen molar-refractivity contribution in [2.45, 2.75) is 19.6 Å². The summed E-state index contributed by atoms with van der Waals surface area (Å²) in [7, 11) is 0. The lowest BCUT2D eigenvalue weighted by Gasteiger charge is -2.14. The van der Waals surface area contributed by atoms with Crippen molar-refractivity contribution < 1.29 is 5.11 Å². The number of nitrogens with zero attached hydrogens (tertiary/aromatic N) is 5. The summed E-state index contributed by atoms with van der Waals surface area (Å²) in [6.45, 7) is 1.60. The molecule has 0 saturated heterocycles. The molecule has 0 fully saturated rings. The average Bonchev–Trinajstić information content (AvgIpc) is 2.89. The molecule has 0 aliphatic rings. The molecular formula is C13H10Cl3N5O. The zero-order valence-corrected chi connectivity index (χ0v) is 13.6. The number of hydrogen-bond donors (Lipinski definition) is 1. The molecule has 0 bridgehead atoms. The van der Waals surface area contributed by atoms with E-state index in [9.17, 15) is 5.11 Å². The minimum Gasteiger partial charge on any atom is -0.390 e. The van der Waals surface area contributed by atoms with Crippen LogP contribution in [0.2, 0.25) is 15.3 Å². The standard InChI is InChI=1S/C13H10Cl3N5O/c1-6(8-3-2-7(14)4-9(8)15)21-12-11(19-20-21)10(5-22)17-13(16)18-12/h2-4,6,22H,5H2,1H3/t6-/m1/s1. The molecule has 1 aromatic carbocycles. The van der Waals surface area contributed by atoms with E-state index in [0.29, 0.717) is 26.9 Å². The third kappa shape index (κ3) is 2.63. The number of aromatic nitrogens is 5. The van der Waals surface area contributed by atoms with Gasteiger partial charge in [-0.15, -0.1) is 5.10 Å². The second-order valence-corrected chi connectivity index (χ2v) is 5.83. The highest BCUT2D eigenvalue weighted by atomic mass is 35.5. The Bertz CT molecular complexity index is 851. The van der Waals surface area contributed by atoms with Crippen molar-refractivity contribution in [3.8, 4) is 0 Å². The Morgan fingerprint density at radius 1 is 1.23 bits per heavy atom. The minimum atomic E-state index is -0.298. The Kier molecular flexibility index (Phi) is 4.18. The average molecular weight is 359 g/mol. The molecule has 3 rings (SSSR count). The highest BCUT2D eigenvalue weighted by Crippen LogP contribution is 2.30. The summed E-state index contributed by atoms with van der Waals surface area (Å²) in [5.74, 6) is 0. The first kappa shape index (κ1) is 15.4. The highest BCUT2D eigenvalue weighted by molar-refractivity contribution is 6.35. The first-order valence-electron chi connectivity index (χ1n) is 6.34. The van der Waals surface area contributed by atoms with Gasteiger partial charge in [0.1, 0.15) is 5.69 Å². The van der Waals surface area contributed by atoms with Crippen molar-refractivity contribution in [2.24, 2.45) is 0 Å². The Morgan fingerprint density at radius 3 is 2.68 bits per heavy atom. The van der Waals surface area contributed by atoms with Crippen LogP contribution in [0.25, 0.3) is 11.2 Å². The number of benzene rings is 1. The molecule has 0 radical (unpaired) electrons. The Hall–Kier alpha value is -1.47. The van der Waals surface area contributed by atoms with E-state index in [1.165, 1.54) is 0 Å². The van der Waals surface area contributed by atoms with E-state index in [-0.39, 0.29) is 17.9 Å². The maximum Gasteiger partial charge on any atom is 0.224 e. The summed E-state index contributed by atoms with van der Waals surface area (Å²) in [6.07, 6.45) is 0. The van der Waals surface area contributed by atoms with E-state index >= 15 is 0 Å². The van der Waals surface area contributed by atoms with Crippen LogP contribution in [0.3, 0.4) is 0 Å². The van der Waals surface area contributed by atoms with Gasteiger partial charge < -0.3 is 5.11 Å². The summed E-state index contributed by atoms with van der Waals surface area (Å²) in [6, 6.07) is 4.99. The van der Waals surface area contributed by atoms with Crippen LogP contribution in [0, 0.1) is 0 Å². The molecule has 2 aromatic heterocycles. The van der Waals surface area contributed by atoms with Gasteiger partial charge in [0, 0.05) is 10.0 Å². The predicted molar refractivity (Wildman–Crippen MR) is 84.3 cm³/mol. The maximum absolute atomic E-state index is 9.34. The van der Waals surface area contributed by atoms with Crippen molar-refractivity contribution >= 4 is 46.0 Å². The van der Waals surface area contributed by atoms with Crippen LogP contribution in [0.4, 0.5) is 0 Å². The third-order valence-electron chi connectivity index (χ3n) is 3.30. The van der Waals surface area contributed by atoms with Crippen LogP contribution in [0.5, 0.6) is 0 Å². The minimum absolute atomic E-state index is 0.0227. The summed E-state index contributed by atoms with van der Waals surface area (Å²) >= 11 is 18.0. The van der Waals surface area contributed by atoms with Crippen molar-refractivity contribution in [3.63, 3.8) is 0 Å². The van der Waals surface area contributed by atoms with Crippen LogP contribution < -0.4 is 0 Å². The molecule has 0 amide bonds. The molecular weight excluding hydrogens is 349 g/mol. The highest BCUT2D eigenvalue weighted by Gasteiger charge is 2.20. The molecule has 114 valence electrons. The largest absolute Gasteiger partial charge is 0.390 e. The van der Waals surface area contributed by atoms with Gasteiger partial charge in [-0.2, -0.15) is 4.98 Å². The summed E-state index contributed by atoms with van der Waals surface area (Å²) in [5.41, 5.74) is 1.99. The molecule has 9 heteroatoms. The van der Waals surface area contributed by atoms with E-state index in [4.69, 9.17) is 34.8 Å². The lowest BCUT2D eigenvalue weighted by atomic mass is 10.1. The van der Waals surface area contributed by atoms with Crippen LogP contribution in [-0.2, 0) is 6.61 Å². The van der Waals surface area contributed by atoms with E-state index in [1.807, 2.05) is 13.0 Å². The van der Waals surface area contributed by atoms with Crippen molar-refractivity contribution in [1.82, 2.24) is 25.0 Å². The van der Waals surface area contributed by atoms with Crippen molar-refractivity contribution in [3.05, 3.63) is 44.8 Å². The lowest BCUT2D eigenvalue weighted by Crippen LogP contribution is -2.10. The Labute approximate surface area is 140 Å². The quantitative estimate of drug-likeness (QED) is 0.727. The first-order valence-corrected chi connectivity index (χ1v) is 7.47. The molecule has 0 unspecified atom stereocenters. The second kappa shape index (κ2) is 5.96. The summed E-state index contributed by atoms with van der Waals surface area (Å²) in [4.78, 5) is 8.09. The van der Waals surface area contributed by atoms with E-state index < -0.39 is 0 Å². The van der Waals surface area contributed by atoms with Gasteiger partial charge in [-0.1, -0.05) is 34.5 Å². The monoisotopic (exact) mass is 357 g/mol. The molecule has 0 aliphatic carbocycles. The second-order valence-electron chi connectivity index (χ2n) is 4.65. The molecule has 2 heterocycles. The fourth-order valence-electron chi connectivity index (χ4n) is 2.20. The normalized spacial score (nSPS) is 12.8. The Morgan fingerprint density at radius 2 is 2.00 bits per heavy atom. The van der Waals surface area contributed by atoms with E-state index in [1.54, 1.807) is 16.8 Å². The number of rotatable bonds is 3. The molecule has 6 nitrogen and oxygen atoms in total. The predicted octanol–water partition coefficient (Wildman–Crippen LogP) is 3.28. The zero-order chi connectivity index (χ0) is 15.9. The number of aliphatic hydroxyl groups excluding tert-OH is 1. The van der Waals surface area contributed by atoms with E-state index in [2.05, 4.69) is 20.3 Å².